The first-order valence-corrected chi connectivity index (χ1v) is 4.18. The van der Waals surface area contributed by atoms with Crippen LogP contribution >= 0.6 is 0 Å². The van der Waals surface area contributed by atoms with Crippen LogP contribution in [0, 0.1) is 6.92 Å². The highest BCUT2D eigenvalue weighted by molar-refractivity contribution is 5.70. The molecule has 0 saturated heterocycles. The molecule has 1 N–H and O–H groups in total. The molecule has 0 spiro atoms. The monoisotopic (exact) mass is 191 g/mol. The maximum absolute atomic E-state index is 10.5. The molecule has 0 radical (unpaired) electrons. The lowest BCUT2D eigenvalue weighted by molar-refractivity contribution is -0.136. The minimum absolute atomic E-state index is 0.0259. The van der Waals surface area contributed by atoms with Crippen LogP contribution in [-0.4, -0.2) is 25.7 Å². The predicted molar refractivity (Wildman–Crippen MR) is 49.1 cm³/mol. The van der Waals surface area contributed by atoms with Crippen LogP contribution in [0.25, 0.3) is 5.65 Å². The van der Waals surface area contributed by atoms with Gasteiger partial charge in [-0.1, -0.05) is 0 Å². The zero-order chi connectivity index (χ0) is 10.1. The fraction of sp³-hybridized carbons (Fsp3) is 0.222. The fourth-order valence-electron chi connectivity index (χ4n) is 1.30. The summed E-state index contributed by atoms with van der Waals surface area (Å²) in [5, 5.41) is 12.7. The SMILES string of the molecule is Cc1cc2ncc(CC(=O)O)cn2n1. The lowest BCUT2D eigenvalue weighted by Gasteiger charge is -1.96. The van der Waals surface area contributed by atoms with Gasteiger partial charge in [-0.3, -0.25) is 4.79 Å². The minimum atomic E-state index is -0.866. The number of rotatable bonds is 2. The Hall–Kier alpha value is -1.91. The molecule has 2 aromatic rings. The molecule has 0 aliphatic carbocycles. The smallest absolute Gasteiger partial charge is 0.307 e. The number of fused-ring (bicyclic) bond motifs is 1. The molecule has 5 nitrogen and oxygen atoms in total. The van der Waals surface area contributed by atoms with E-state index in [9.17, 15) is 4.79 Å². The average molecular weight is 191 g/mol. The molecule has 0 aromatic carbocycles. The van der Waals surface area contributed by atoms with E-state index in [2.05, 4.69) is 10.1 Å². The molecule has 0 fully saturated rings. The summed E-state index contributed by atoms with van der Waals surface area (Å²) >= 11 is 0. The number of carboxylic acid groups (broad SMARTS) is 1. The van der Waals surface area contributed by atoms with E-state index < -0.39 is 5.97 Å². The number of aliphatic carboxylic acids is 1. The van der Waals surface area contributed by atoms with Crippen molar-refractivity contribution >= 4 is 11.6 Å². The van der Waals surface area contributed by atoms with Crippen molar-refractivity contribution in [1.29, 1.82) is 0 Å². The number of carboxylic acids is 1. The summed E-state index contributed by atoms with van der Waals surface area (Å²) in [6, 6.07) is 1.84. The van der Waals surface area contributed by atoms with Crippen LogP contribution in [0.15, 0.2) is 18.5 Å². The summed E-state index contributed by atoms with van der Waals surface area (Å²) in [6.07, 6.45) is 3.22. The van der Waals surface area contributed by atoms with E-state index in [0.29, 0.717) is 5.56 Å². The third-order valence-electron chi connectivity index (χ3n) is 1.84. The summed E-state index contributed by atoms with van der Waals surface area (Å²) in [5.41, 5.74) is 2.25. The summed E-state index contributed by atoms with van der Waals surface area (Å²) in [7, 11) is 0. The molecule has 14 heavy (non-hydrogen) atoms. The van der Waals surface area contributed by atoms with Crippen molar-refractivity contribution in [3.63, 3.8) is 0 Å². The van der Waals surface area contributed by atoms with Crippen LogP contribution in [0.1, 0.15) is 11.3 Å². The molecular weight excluding hydrogens is 182 g/mol. The normalized spacial score (nSPS) is 10.6. The molecule has 0 atom stereocenters. The second-order valence-electron chi connectivity index (χ2n) is 3.12. The van der Waals surface area contributed by atoms with E-state index in [1.165, 1.54) is 0 Å². The highest BCUT2D eigenvalue weighted by Gasteiger charge is 2.03. The van der Waals surface area contributed by atoms with E-state index in [0.717, 1.165) is 11.3 Å². The summed E-state index contributed by atoms with van der Waals surface area (Å²) in [4.78, 5) is 14.5. The maximum atomic E-state index is 10.5. The lowest BCUT2D eigenvalue weighted by Crippen LogP contribution is -2.02. The number of hydrogen-bond donors (Lipinski definition) is 1. The summed E-state index contributed by atoms with van der Waals surface area (Å²) in [6.45, 7) is 1.87. The molecule has 0 saturated carbocycles. The van der Waals surface area contributed by atoms with Crippen LogP contribution in [0.2, 0.25) is 0 Å². The average Bonchev–Trinajstić information content (AvgIpc) is 2.42. The molecule has 2 aromatic heterocycles. The van der Waals surface area contributed by atoms with Crippen molar-refractivity contribution in [3.8, 4) is 0 Å². The van der Waals surface area contributed by atoms with E-state index >= 15 is 0 Å². The van der Waals surface area contributed by atoms with Gasteiger partial charge in [0.25, 0.3) is 0 Å². The van der Waals surface area contributed by atoms with Gasteiger partial charge in [-0.2, -0.15) is 5.10 Å². The van der Waals surface area contributed by atoms with E-state index in [1.54, 1.807) is 16.9 Å². The Morgan fingerprint density at radius 3 is 3.14 bits per heavy atom. The van der Waals surface area contributed by atoms with Gasteiger partial charge < -0.3 is 5.11 Å². The zero-order valence-corrected chi connectivity index (χ0v) is 7.64. The number of nitrogens with zero attached hydrogens (tertiary/aromatic N) is 3. The van der Waals surface area contributed by atoms with E-state index in [1.807, 2.05) is 13.0 Å². The minimum Gasteiger partial charge on any atom is -0.481 e. The van der Waals surface area contributed by atoms with Crippen LogP contribution in [0.5, 0.6) is 0 Å². The van der Waals surface area contributed by atoms with Gasteiger partial charge in [-0.15, -0.1) is 0 Å². The zero-order valence-electron chi connectivity index (χ0n) is 7.64. The first-order valence-electron chi connectivity index (χ1n) is 4.18. The molecule has 72 valence electrons. The van der Waals surface area contributed by atoms with Crippen LogP contribution in [-0.2, 0) is 11.2 Å². The fourth-order valence-corrected chi connectivity index (χ4v) is 1.30. The number of aryl methyl sites for hydroxylation is 1. The Bertz CT molecular complexity index is 490. The molecule has 0 bridgehead atoms. The second-order valence-corrected chi connectivity index (χ2v) is 3.12. The molecule has 0 unspecified atom stereocenters. The Morgan fingerprint density at radius 2 is 2.43 bits per heavy atom. The van der Waals surface area contributed by atoms with Gasteiger partial charge in [0.05, 0.1) is 12.1 Å². The standard InChI is InChI=1S/C9H9N3O2/c1-6-2-8-10-4-7(3-9(13)14)5-12(8)11-6/h2,4-5H,3H2,1H3,(H,13,14). The quantitative estimate of drug-likeness (QED) is 0.757. The van der Waals surface area contributed by atoms with Crippen LogP contribution in [0.3, 0.4) is 0 Å². The molecule has 2 rings (SSSR count). The highest BCUT2D eigenvalue weighted by atomic mass is 16.4. The van der Waals surface area contributed by atoms with Gasteiger partial charge in [-0.05, 0) is 12.5 Å². The third-order valence-corrected chi connectivity index (χ3v) is 1.84. The van der Waals surface area contributed by atoms with E-state index in [-0.39, 0.29) is 6.42 Å². The van der Waals surface area contributed by atoms with Crippen LogP contribution in [0.4, 0.5) is 0 Å². The molecule has 0 amide bonds. The maximum Gasteiger partial charge on any atom is 0.307 e. The van der Waals surface area contributed by atoms with Gasteiger partial charge in [0.15, 0.2) is 5.65 Å². The van der Waals surface area contributed by atoms with Crippen molar-refractivity contribution < 1.29 is 9.90 Å². The number of hydrogen-bond acceptors (Lipinski definition) is 3. The Labute approximate surface area is 80.0 Å². The van der Waals surface area contributed by atoms with E-state index in [4.69, 9.17) is 5.11 Å². The first kappa shape index (κ1) is 8.68. The van der Waals surface area contributed by atoms with Crippen molar-refractivity contribution in [3.05, 3.63) is 29.7 Å². The Kier molecular flexibility index (Phi) is 1.92. The van der Waals surface area contributed by atoms with Crippen molar-refractivity contribution in [2.24, 2.45) is 0 Å². The van der Waals surface area contributed by atoms with Gasteiger partial charge in [-0.25, -0.2) is 9.50 Å². The summed E-state index contributed by atoms with van der Waals surface area (Å²) in [5.74, 6) is -0.866. The second kappa shape index (κ2) is 3.10. The molecule has 5 heteroatoms. The number of carbonyl (C=O) groups is 1. The van der Waals surface area contributed by atoms with Crippen molar-refractivity contribution in [2.75, 3.05) is 0 Å². The van der Waals surface area contributed by atoms with Crippen molar-refractivity contribution in [2.45, 2.75) is 13.3 Å². The van der Waals surface area contributed by atoms with Gasteiger partial charge in [0.1, 0.15) is 0 Å². The molecular formula is C9H9N3O2. The van der Waals surface area contributed by atoms with Crippen molar-refractivity contribution in [1.82, 2.24) is 14.6 Å². The van der Waals surface area contributed by atoms with Crippen LogP contribution < -0.4 is 0 Å². The molecule has 0 aliphatic rings. The molecule has 2 heterocycles. The van der Waals surface area contributed by atoms with Gasteiger partial charge in [0.2, 0.25) is 0 Å². The molecule has 0 aliphatic heterocycles. The largest absolute Gasteiger partial charge is 0.481 e. The summed E-state index contributed by atoms with van der Waals surface area (Å²) < 4.78 is 1.59. The Balaban J connectivity index is 2.45. The third kappa shape index (κ3) is 1.56. The lowest BCUT2D eigenvalue weighted by atomic mass is 10.2. The predicted octanol–water partition coefficient (Wildman–Crippen LogP) is 0.665. The number of aromatic nitrogens is 3. The highest BCUT2D eigenvalue weighted by Crippen LogP contribution is 2.05. The topological polar surface area (TPSA) is 67.5 Å². The first-order chi connectivity index (χ1) is 6.65. The van der Waals surface area contributed by atoms with Gasteiger partial charge >= 0.3 is 5.97 Å². The Morgan fingerprint density at radius 1 is 1.64 bits per heavy atom. The van der Waals surface area contributed by atoms with Gasteiger partial charge in [0, 0.05) is 18.5 Å².